The van der Waals surface area contributed by atoms with E-state index >= 15 is 0 Å². The Morgan fingerprint density at radius 3 is 2.20 bits per heavy atom. The second-order valence-electron chi connectivity index (χ2n) is 3.51. The standard InChI is InChI=1S/C11H16FNO2/c1-13(2)7-8-5-6-9(12)11(15-4)10(8)14-3/h5-6H,7H2,1-4H3. The van der Waals surface area contributed by atoms with E-state index in [0.29, 0.717) is 12.3 Å². The van der Waals surface area contributed by atoms with Crippen molar-refractivity contribution in [2.24, 2.45) is 0 Å². The van der Waals surface area contributed by atoms with Gasteiger partial charge in [0.15, 0.2) is 17.3 Å². The molecule has 0 aromatic heterocycles. The highest BCUT2D eigenvalue weighted by molar-refractivity contribution is 5.47. The van der Waals surface area contributed by atoms with Gasteiger partial charge in [-0.05, 0) is 20.2 Å². The van der Waals surface area contributed by atoms with Crippen molar-refractivity contribution in [1.82, 2.24) is 4.90 Å². The molecule has 0 fully saturated rings. The van der Waals surface area contributed by atoms with Crippen LogP contribution in [0.15, 0.2) is 12.1 Å². The summed E-state index contributed by atoms with van der Waals surface area (Å²) in [4.78, 5) is 1.98. The summed E-state index contributed by atoms with van der Waals surface area (Å²) in [5.74, 6) is 0.222. The molecule has 0 radical (unpaired) electrons. The largest absolute Gasteiger partial charge is 0.492 e. The van der Waals surface area contributed by atoms with Crippen molar-refractivity contribution in [3.63, 3.8) is 0 Å². The molecule has 1 rings (SSSR count). The number of hydrogen-bond acceptors (Lipinski definition) is 3. The van der Waals surface area contributed by atoms with Gasteiger partial charge in [-0.15, -0.1) is 0 Å². The lowest BCUT2D eigenvalue weighted by Crippen LogP contribution is -2.12. The van der Waals surface area contributed by atoms with Crippen LogP contribution in [0, 0.1) is 5.82 Å². The Morgan fingerprint density at radius 1 is 1.13 bits per heavy atom. The van der Waals surface area contributed by atoms with Gasteiger partial charge in [0, 0.05) is 12.1 Å². The fourth-order valence-corrected chi connectivity index (χ4v) is 1.46. The van der Waals surface area contributed by atoms with Gasteiger partial charge in [-0.3, -0.25) is 0 Å². The minimum atomic E-state index is -0.406. The number of hydrogen-bond donors (Lipinski definition) is 0. The van der Waals surface area contributed by atoms with Crippen LogP contribution < -0.4 is 9.47 Å². The molecule has 0 heterocycles. The van der Waals surface area contributed by atoms with Crippen LogP contribution in [0.25, 0.3) is 0 Å². The molecule has 0 aliphatic heterocycles. The van der Waals surface area contributed by atoms with Crippen LogP contribution in [0.2, 0.25) is 0 Å². The molecule has 0 N–H and O–H groups in total. The fraction of sp³-hybridized carbons (Fsp3) is 0.455. The van der Waals surface area contributed by atoms with Crippen molar-refractivity contribution in [2.75, 3.05) is 28.3 Å². The lowest BCUT2D eigenvalue weighted by Gasteiger charge is -2.16. The molecule has 4 heteroatoms. The number of nitrogens with zero attached hydrogens (tertiary/aromatic N) is 1. The van der Waals surface area contributed by atoms with Crippen molar-refractivity contribution in [1.29, 1.82) is 0 Å². The number of methoxy groups -OCH3 is 2. The van der Waals surface area contributed by atoms with E-state index in [0.717, 1.165) is 5.56 Å². The summed E-state index contributed by atoms with van der Waals surface area (Å²) >= 11 is 0. The van der Waals surface area contributed by atoms with Gasteiger partial charge in [-0.25, -0.2) is 4.39 Å². The Bertz CT molecular complexity index is 340. The Balaban J connectivity index is 3.16. The molecule has 0 aliphatic carbocycles. The van der Waals surface area contributed by atoms with E-state index in [1.807, 2.05) is 19.0 Å². The maximum Gasteiger partial charge on any atom is 0.197 e. The summed E-state index contributed by atoms with van der Waals surface area (Å²) in [7, 11) is 6.82. The van der Waals surface area contributed by atoms with Crippen molar-refractivity contribution in [3.05, 3.63) is 23.5 Å². The van der Waals surface area contributed by atoms with Gasteiger partial charge in [-0.1, -0.05) is 6.07 Å². The second-order valence-corrected chi connectivity index (χ2v) is 3.51. The first-order valence-corrected chi connectivity index (χ1v) is 4.64. The molecule has 0 spiro atoms. The van der Waals surface area contributed by atoms with Gasteiger partial charge in [0.05, 0.1) is 14.2 Å². The predicted octanol–water partition coefficient (Wildman–Crippen LogP) is 1.90. The first kappa shape index (κ1) is 11.8. The molecule has 1 aromatic rings. The zero-order valence-corrected chi connectivity index (χ0v) is 9.50. The molecule has 3 nitrogen and oxygen atoms in total. The summed E-state index contributed by atoms with van der Waals surface area (Å²) < 4.78 is 23.5. The van der Waals surface area contributed by atoms with Crippen LogP contribution in [-0.2, 0) is 6.54 Å². The molecule has 0 saturated carbocycles. The Morgan fingerprint density at radius 2 is 1.73 bits per heavy atom. The lowest BCUT2D eigenvalue weighted by atomic mass is 10.1. The van der Waals surface area contributed by atoms with Crippen LogP contribution in [0.3, 0.4) is 0 Å². The first-order valence-electron chi connectivity index (χ1n) is 4.64. The molecular formula is C11H16FNO2. The van der Waals surface area contributed by atoms with Crippen LogP contribution in [0.1, 0.15) is 5.56 Å². The zero-order chi connectivity index (χ0) is 11.4. The normalized spacial score (nSPS) is 10.5. The zero-order valence-electron chi connectivity index (χ0n) is 9.50. The molecule has 0 aliphatic rings. The fourth-order valence-electron chi connectivity index (χ4n) is 1.46. The third kappa shape index (κ3) is 2.59. The van der Waals surface area contributed by atoms with Crippen molar-refractivity contribution >= 4 is 0 Å². The second kappa shape index (κ2) is 4.98. The number of halogens is 1. The average molecular weight is 213 g/mol. The predicted molar refractivity (Wildman–Crippen MR) is 56.9 cm³/mol. The molecule has 1 aromatic carbocycles. The molecular weight excluding hydrogens is 197 g/mol. The SMILES string of the molecule is COc1c(F)ccc(CN(C)C)c1OC. The lowest BCUT2D eigenvalue weighted by molar-refractivity contribution is 0.325. The van der Waals surface area contributed by atoms with Gasteiger partial charge in [0.2, 0.25) is 0 Å². The van der Waals surface area contributed by atoms with E-state index < -0.39 is 5.82 Å². The molecule has 0 unspecified atom stereocenters. The number of rotatable bonds is 4. The van der Waals surface area contributed by atoms with Gasteiger partial charge in [0.1, 0.15) is 0 Å². The number of ether oxygens (including phenoxy) is 2. The highest BCUT2D eigenvalue weighted by Gasteiger charge is 2.14. The molecule has 0 atom stereocenters. The topological polar surface area (TPSA) is 21.7 Å². The monoisotopic (exact) mass is 213 g/mol. The Hall–Kier alpha value is -1.29. The number of benzene rings is 1. The van der Waals surface area contributed by atoms with E-state index in [-0.39, 0.29) is 5.75 Å². The summed E-state index contributed by atoms with van der Waals surface area (Å²) in [5, 5.41) is 0. The van der Waals surface area contributed by atoms with Gasteiger partial charge < -0.3 is 14.4 Å². The molecule has 0 bridgehead atoms. The highest BCUT2D eigenvalue weighted by atomic mass is 19.1. The summed E-state index contributed by atoms with van der Waals surface area (Å²) in [6.07, 6.45) is 0. The Labute approximate surface area is 89.4 Å². The maximum absolute atomic E-state index is 13.3. The third-order valence-electron chi connectivity index (χ3n) is 2.04. The van der Waals surface area contributed by atoms with Crippen LogP contribution >= 0.6 is 0 Å². The van der Waals surface area contributed by atoms with E-state index in [1.54, 1.807) is 6.07 Å². The average Bonchev–Trinajstić information content (AvgIpc) is 2.19. The van der Waals surface area contributed by atoms with E-state index in [2.05, 4.69) is 0 Å². The molecule has 84 valence electrons. The van der Waals surface area contributed by atoms with Crippen LogP contribution in [0.4, 0.5) is 4.39 Å². The molecule has 0 amide bonds. The third-order valence-corrected chi connectivity index (χ3v) is 2.04. The minimum Gasteiger partial charge on any atom is -0.492 e. The van der Waals surface area contributed by atoms with Crippen LogP contribution in [-0.4, -0.2) is 33.2 Å². The Kier molecular flexibility index (Phi) is 3.91. The van der Waals surface area contributed by atoms with Gasteiger partial charge in [-0.2, -0.15) is 0 Å². The van der Waals surface area contributed by atoms with E-state index in [1.165, 1.54) is 20.3 Å². The van der Waals surface area contributed by atoms with E-state index in [4.69, 9.17) is 9.47 Å². The quantitative estimate of drug-likeness (QED) is 0.762. The van der Waals surface area contributed by atoms with Crippen molar-refractivity contribution in [2.45, 2.75) is 6.54 Å². The summed E-state index contributed by atoms with van der Waals surface area (Å²) in [6, 6.07) is 3.09. The summed E-state index contributed by atoms with van der Waals surface area (Å²) in [6.45, 7) is 0.680. The summed E-state index contributed by atoms with van der Waals surface area (Å²) in [5.41, 5.74) is 0.903. The van der Waals surface area contributed by atoms with Crippen molar-refractivity contribution < 1.29 is 13.9 Å². The van der Waals surface area contributed by atoms with Crippen molar-refractivity contribution in [3.8, 4) is 11.5 Å². The smallest absolute Gasteiger partial charge is 0.197 e. The maximum atomic E-state index is 13.3. The van der Waals surface area contributed by atoms with Crippen LogP contribution in [0.5, 0.6) is 11.5 Å². The minimum absolute atomic E-state index is 0.164. The first-order chi connectivity index (χ1) is 7.10. The highest BCUT2D eigenvalue weighted by Crippen LogP contribution is 2.34. The molecule has 15 heavy (non-hydrogen) atoms. The molecule has 0 saturated heterocycles. The van der Waals surface area contributed by atoms with E-state index in [9.17, 15) is 4.39 Å². The van der Waals surface area contributed by atoms with Gasteiger partial charge >= 0.3 is 0 Å². The van der Waals surface area contributed by atoms with Gasteiger partial charge in [0.25, 0.3) is 0 Å².